The van der Waals surface area contributed by atoms with E-state index < -0.39 is 23.3 Å². The molecule has 2 aromatic carbocycles. The third kappa shape index (κ3) is 6.74. The van der Waals surface area contributed by atoms with Crippen LogP contribution < -0.4 is 20.4 Å². The lowest BCUT2D eigenvalue weighted by molar-refractivity contribution is 0.0257. The standard InChI is InChI=1S/C30H35Cl2FN4O5.ClH/c1-16-11-35(12-17(2)36(16)13-21(39)15-38)27-25(33)9-22-26(29(27)42-3)37(20-6-7-20)14-23(28(22)40)30(41)34-10-18-4-5-19(31)8-24(18)32;/h4-5,8-9,14,16-17,20-21,38-39H,6-7,10-13,15H2,1-3H3,(H,34,41);1H/t16?,17?,21-;/m1./s1. The summed E-state index contributed by atoms with van der Waals surface area (Å²) in [5, 5.41) is 23.0. The molecule has 3 N–H and O–H groups in total. The summed E-state index contributed by atoms with van der Waals surface area (Å²) in [7, 11) is 1.45. The molecular weight excluding hydrogens is 622 g/mol. The minimum Gasteiger partial charge on any atom is -0.492 e. The number of aliphatic hydroxyl groups is 2. The summed E-state index contributed by atoms with van der Waals surface area (Å²) in [5.41, 5.74) is 0.679. The van der Waals surface area contributed by atoms with Gasteiger partial charge in [-0.1, -0.05) is 29.3 Å². The lowest BCUT2D eigenvalue weighted by atomic mass is 10.0. The molecule has 3 aromatic rings. The van der Waals surface area contributed by atoms with Crippen molar-refractivity contribution >= 4 is 58.1 Å². The van der Waals surface area contributed by atoms with Gasteiger partial charge in [-0.2, -0.15) is 0 Å². The van der Waals surface area contributed by atoms with Crippen LogP contribution in [0.25, 0.3) is 10.9 Å². The summed E-state index contributed by atoms with van der Waals surface area (Å²) in [6.07, 6.45) is 2.39. The number of amides is 1. The van der Waals surface area contributed by atoms with Crippen LogP contribution in [0, 0.1) is 5.82 Å². The molecule has 43 heavy (non-hydrogen) atoms. The van der Waals surface area contributed by atoms with Crippen molar-refractivity contribution in [3.05, 3.63) is 67.7 Å². The number of halogens is 4. The van der Waals surface area contributed by atoms with Gasteiger partial charge in [0.2, 0.25) is 5.43 Å². The fourth-order valence-corrected chi connectivity index (χ4v) is 6.34. The highest BCUT2D eigenvalue weighted by atomic mass is 35.5. The maximum atomic E-state index is 16.0. The van der Waals surface area contributed by atoms with Crippen molar-refractivity contribution in [1.29, 1.82) is 0 Å². The molecule has 0 radical (unpaired) electrons. The van der Waals surface area contributed by atoms with Crippen molar-refractivity contribution < 1.29 is 24.1 Å². The summed E-state index contributed by atoms with van der Waals surface area (Å²) >= 11 is 12.2. The highest BCUT2D eigenvalue weighted by molar-refractivity contribution is 6.35. The minimum atomic E-state index is -0.865. The molecule has 9 nitrogen and oxygen atoms in total. The van der Waals surface area contributed by atoms with Gasteiger partial charge in [0.25, 0.3) is 5.91 Å². The molecule has 3 atom stereocenters. The third-order valence-electron chi connectivity index (χ3n) is 8.09. The van der Waals surface area contributed by atoms with Crippen LogP contribution in [0.1, 0.15) is 48.7 Å². The van der Waals surface area contributed by atoms with Crippen molar-refractivity contribution in [3.8, 4) is 5.75 Å². The maximum Gasteiger partial charge on any atom is 0.257 e. The van der Waals surface area contributed by atoms with E-state index in [0.717, 1.165) is 12.8 Å². The number of pyridine rings is 1. The second kappa shape index (κ2) is 13.6. The number of methoxy groups -OCH3 is 1. The topological polar surface area (TPSA) is 107 Å². The summed E-state index contributed by atoms with van der Waals surface area (Å²) in [6.45, 7) is 4.93. The van der Waals surface area contributed by atoms with Crippen LogP contribution >= 0.6 is 35.6 Å². The zero-order valence-electron chi connectivity index (χ0n) is 24.1. The number of ether oxygens (including phenoxy) is 1. The van der Waals surface area contributed by atoms with E-state index in [-0.39, 0.29) is 66.1 Å². The Morgan fingerprint density at radius 1 is 1.19 bits per heavy atom. The first kappa shape index (κ1) is 33.3. The second-order valence-electron chi connectivity index (χ2n) is 11.2. The van der Waals surface area contributed by atoms with Crippen LogP contribution in [0.3, 0.4) is 0 Å². The van der Waals surface area contributed by atoms with Gasteiger partial charge in [0.15, 0.2) is 11.6 Å². The van der Waals surface area contributed by atoms with Crippen LogP contribution in [0.15, 0.2) is 35.3 Å². The van der Waals surface area contributed by atoms with E-state index in [1.807, 2.05) is 23.3 Å². The van der Waals surface area contributed by atoms with Gasteiger partial charge in [-0.3, -0.25) is 14.5 Å². The Morgan fingerprint density at radius 2 is 1.86 bits per heavy atom. The number of nitrogens with zero attached hydrogens (tertiary/aromatic N) is 3. The number of hydrogen-bond donors (Lipinski definition) is 3. The fourth-order valence-electron chi connectivity index (χ4n) is 5.87. The van der Waals surface area contributed by atoms with Crippen molar-refractivity contribution in [2.45, 2.75) is 57.5 Å². The smallest absolute Gasteiger partial charge is 0.257 e. The van der Waals surface area contributed by atoms with E-state index in [1.165, 1.54) is 13.2 Å². The molecule has 1 amide bonds. The largest absolute Gasteiger partial charge is 0.492 e. The predicted molar refractivity (Wildman–Crippen MR) is 169 cm³/mol. The van der Waals surface area contributed by atoms with Gasteiger partial charge in [-0.15, -0.1) is 12.4 Å². The molecular formula is C30H36Cl3FN4O5. The average Bonchev–Trinajstić information content (AvgIpc) is 3.79. The zero-order chi connectivity index (χ0) is 30.3. The number of nitrogens with one attached hydrogen (secondary N) is 1. The molecule has 2 unspecified atom stereocenters. The van der Waals surface area contributed by atoms with Gasteiger partial charge in [0.05, 0.1) is 30.7 Å². The number of carbonyl (C=O) groups is 1. The molecule has 2 aliphatic rings. The molecule has 13 heteroatoms. The molecule has 2 heterocycles. The summed E-state index contributed by atoms with van der Waals surface area (Å²) in [4.78, 5) is 30.9. The second-order valence-corrected chi connectivity index (χ2v) is 12.0. The lowest BCUT2D eigenvalue weighted by Gasteiger charge is -2.46. The van der Waals surface area contributed by atoms with E-state index in [0.29, 0.717) is 40.8 Å². The number of carbonyl (C=O) groups excluding carboxylic acids is 1. The van der Waals surface area contributed by atoms with Crippen molar-refractivity contribution in [2.24, 2.45) is 0 Å². The average molecular weight is 658 g/mol. The van der Waals surface area contributed by atoms with E-state index in [9.17, 15) is 19.8 Å². The number of β-amino-alcohol motifs (C(OH)–C–C–N with tert-alkyl or cyclic N) is 1. The Bertz CT molecular complexity index is 1560. The van der Waals surface area contributed by atoms with Crippen LogP contribution in [0.5, 0.6) is 5.75 Å². The number of aliphatic hydroxyl groups excluding tert-OH is 2. The molecule has 1 aliphatic carbocycles. The van der Waals surface area contributed by atoms with Gasteiger partial charge < -0.3 is 29.7 Å². The highest BCUT2D eigenvalue weighted by Crippen LogP contribution is 2.44. The van der Waals surface area contributed by atoms with Crippen LogP contribution in [0.4, 0.5) is 10.1 Å². The summed E-state index contributed by atoms with van der Waals surface area (Å²) in [5.74, 6) is -0.959. The monoisotopic (exact) mass is 656 g/mol. The molecule has 1 aliphatic heterocycles. The Kier molecular flexibility index (Phi) is 10.5. The predicted octanol–water partition coefficient (Wildman–Crippen LogP) is 4.39. The number of benzene rings is 2. The van der Waals surface area contributed by atoms with Crippen molar-refractivity contribution in [3.63, 3.8) is 0 Å². The van der Waals surface area contributed by atoms with Crippen LogP contribution in [-0.4, -0.2) is 77.1 Å². The van der Waals surface area contributed by atoms with Crippen LogP contribution in [0.2, 0.25) is 10.0 Å². The van der Waals surface area contributed by atoms with Gasteiger partial charge in [-0.25, -0.2) is 4.39 Å². The Hall–Kier alpha value is -2.60. The molecule has 1 saturated heterocycles. The lowest BCUT2D eigenvalue weighted by Crippen LogP contribution is -2.58. The molecule has 0 bridgehead atoms. The fraction of sp³-hybridized carbons (Fsp3) is 0.467. The normalized spacial score (nSPS) is 19.7. The first-order chi connectivity index (χ1) is 20.0. The van der Waals surface area contributed by atoms with E-state index in [4.69, 9.17) is 27.9 Å². The SMILES string of the molecule is COc1c(N2CC(C)N(C[C@@H](O)CO)C(C)C2)c(F)cc2c(=O)c(C(=O)NCc3ccc(Cl)cc3Cl)cn(C3CC3)c12.Cl. The molecule has 0 spiro atoms. The number of rotatable bonds is 9. The first-order valence-electron chi connectivity index (χ1n) is 14.0. The summed E-state index contributed by atoms with van der Waals surface area (Å²) in [6, 6.07) is 6.09. The van der Waals surface area contributed by atoms with E-state index >= 15 is 4.39 Å². The highest BCUT2D eigenvalue weighted by Gasteiger charge is 2.35. The number of aromatic nitrogens is 1. The van der Waals surface area contributed by atoms with Crippen molar-refractivity contribution in [2.75, 3.05) is 38.3 Å². The van der Waals surface area contributed by atoms with Gasteiger partial charge in [0.1, 0.15) is 11.3 Å². The molecule has 1 saturated carbocycles. The van der Waals surface area contributed by atoms with Gasteiger partial charge >= 0.3 is 0 Å². The van der Waals surface area contributed by atoms with E-state index in [1.54, 1.807) is 24.4 Å². The molecule has 5 rings (SSSR count). The maximum absolute atomic E-state index is 16.0. The summed E-state index contributed by atoms with van der Waals surface area (Å²) < 4.78 is 23.7. The molecule has 234 valence electrons. The number of hydrogen-bond acceptors (Lipinski definition) is 7. The minimum absolute atomic E-state index is 0. The number of anilines is 1. The molecule has 2 fully saturated rings. The quantitative estimate of drug-likeness (QED) is 0.313. The zero-order valence-corrected chi connectivity index (χ0v) is 26.5. The van der Waals surface area contributed by atoms with Crippen molar-refractivity contribution in [1.82, 2.24) is 14.8 Å². The Morgan fingerprint density at radius 3 is 2.44 bits per heavy atom. The first-order valence-corrected chi connectivity index (χ1v) is 14.8. The van der Waals surface area contributed by atoms with Gasteiger partial charge in [0, 0.05) is 60.5 Å². The third-order valence-corrected chi connectivity index (χ3v) is 8.68. The number of piperazine rings is 1. The van der Waals surface area contributed by atoms with Gasteiger partial charge in [-0.05, 0) is 50.5 Å². The number of fused-ring (bicyclic) bond motifs is 1. The molecule has 1 aromatic heterocycles. The van der Waals surface area contributed by atoms with Crippen LogP contribution in [-0.2, 0) is 6.54 Å². The van der Waals surface area contributed by atoms with E-state index in [2.05, 4.69) is 10.2 Å². The Labute approximate surface area is 265 Å². The Balaban J connectivity index is 0.00000423.